The maximum absolute atomic E-state index is 12.7. The monoisotopic (exact) mass is 351 g/mol. The van der Waals surface area contributed by atoms with Crippen molar-refractivity contribution in [2.75, 3.05) is 19.7 Å². The third-order valence-electron chi connectivity index (χ3n) is 5.04. The van der Waals surface area contributed by atoms with Gasteiger partial charge in [0.2, 0.25) is 5.91 Å². The van der Waals surface area contributed by atoms with Crippen LogP contribution < -0.4 is 0 Å². The number of aromatic nitrogens is 2. The van der Waals surface area contributed by atoms with Crippen LogP contribution in [0.25, 0.3) is 0 Å². The van der Waals surface area contributed by atoms with Crippen molar-refractivity contribution in [1.82, 2.24) is 14.7 Å². The quantitative estimate of drug-likeness (QED) is 0.585. The summed E-state index contributed by atoms with van der Waals surface area (Å²) in [7, 11) is 0. The summed E-state index contributed by atoms with van der Waals surface area (Å²) >= 11 is 0. The number of piperidine rings is 1. The van der Waals surface area contributed by atoms with Crippen LogP contribution in [0, 0.1) is 5.92 Å². The maximum Gasteiger partial charge on any atom is 0.509 e. The van der Waals surface area contributed by atoms with Gasteiger partial charge in [-0.25, -0.2) is 4.79 Å². The van der Waals surface area contributed by atoms with E-state index in [1.54, 1.807) is 6.20 Å². The summed E-state index contributed by atoms with van der Waals surface area (Å²) < 4.78 is 12.2. The minimum atomic E-state index is -0.583. The topological polar surface area (TPSA) is 111 Å². The molecule has 0 saturated carbocycles. The van der Waals surface area contributed by atoms with Crippen LogP contribution in [0.15, 0.2) is 12.3 Å². The number of hydrogen-bond donors (Lipinski definition) is 1. The van der Waals surface area contributed by atoms with Gasteiger partial charge in [0.1, 0.15) is 6.61 Å². The highest BCUT2D eigenvalue weighted by molar-refractivity contribution is 5.79. The summed E-state index contributed by atoms with van der Waals surface area (Å²) in [6, 6.07) is 1.99. The highest BCUT2D eigenvalue weighted by Crippen LogP contribution is 2.33. The maximum atomic E-state index is 12.7. The lowest BCUT2D eigenvalue weighted by atomic mass is 9.89. The molecular weight excluding hydrogens is 330 g/mol. The number of carbonyl (C=O) groups is 3. The molecular formula is C16H21N3O6. The Kier molecular flexibility index (Phi) is 4.91. The molecule has 0 aromatic carbocycles. The standard InChI is InChI=1S/C15H19N3O4.CH2O2/c19-13(11-2-6-18-12(9-11)1-5-16-18)17-7-3-15(4-8-17)10-21-14(20)22-15;2-1-3/h1,5,11H,2-4,6-10H2;1H,(H,2,3). The Balaban J connectivity index is 0.000000569. The Morgan fingerprint density at radius 3 is 2.72 bits per heavy atom. The van der Waals surface area contributed by atoms with Gasteiger partial charge in [0.05, 0.1) is 0 Å². The Morgan fingerprint density at radius 1 is 1.36 bits per heavy atom. The number of fused-ring (bicyclic) bond motifs is 1. The lowest BCUT2D eigenvalue weighted by Gasteiger charge is -2.38. The van der Waals surface area contributed by atoms with E-state index in [-0.39, 0.29) is 18.3 Å². The first kappa shape index (κ1) is 17.2. The van der Waals surface area contributed by atoms with Gasteiger partial charge in [0, 0.05) is 56.7 Å². The summed E-state index contributed by atoms with van der Waals surface area (Å²) in [4.78, 5) is 34.1. The number of nitrogens with zero attached hydrogens (tertiary/aromatic N) is 3. The van der Waals surface area contributed by atoms with Crippen LogP contribution in [0.5, 0.6) is 0 Å². The van der Waals surface area contributed by atoms with Crippen molar-refractivity contribution in [3.05, 3.63) is 18.0 Å². The lowest BCUT2D eigenvalue weighted by molar-refractivity contribution is -0.139. The molecule has 4 rings (SSSR count). The van der Waals surface area contributed by atoms with E-state index in [1.165, 1.54) is 0 Å². The number of ether oxygens (including phenoxy) is 2. The molecule has 0 bridgehead atoms. The average molecular weight is 351 g/mol. The van der Waals surface area contributed by atoms with Crippen LogP contribution >= 0.6 is 0 Å². The van der Waals surface area contributed by atoms with Crippen molar-refractivity contribution in [3.63, 3.8) is 0 Å². The Labute approximate surface area is 144 Å². The van der Waals surface area contributed by atoms with Crippen LogP contribution in [-0.4, -0.2) is 63.6 Å². The van der Waals surface area contributed by atoms with Crippen molar-refractivity contribution in [3.8, 4) is 0 Å². The highest BCUT2D eigenvalue weighted by Gasteiger charge is 2.46. The van der Waals surface area contributed by atoms with E-state index in [2.05, 4.69) is 5.10 Å². The van der Waals surface area contributed by atoms with Crippen LogP contribution in [0.2, 0.25) is 0 Å². The van der Waals surface area contributed by atoms with Gasteiger partial charge in [-0.1, -0.05) is 0 Å². The second-order valence-corrected chi connectivity index (χ2v) is 6.49. The van der Waals surface area contributed by atoms with E-state index >= 15 is 0 Å². The number of cyclic esters (lactones) is 1. The molecule has 1 atom stereocenters. The average Bonchev–Trinajstić information content (AvgIpc) is 3.22. The van der Waals surface area contributed by atoms with Gasteiger partial charge in [0.15, 0.2) is 5.60 Å². The van der Waals surface area contributed by atoms with Crippen molar-refractivity contribution >= 4 is 18.5 Å². The number of carboxylic acid groups (broad SMARTS) is 1. The van der Waals surface area contributed by atoms with Crippen molar-refractivity contribution in [1.29, 1.82) is 0 Å². The number of rotatable bonds is 1. The molecule has 1 N–H and O–H groups in total. The van der Waals surface area contributed by atoms with E-state index in [9.17, 15) is 9.59 Å². The molecule has 0 aliphatic carbocycles. The van der Waals surface area contributed by atoms with Gasteiger partial charge >= 0.3 is 6.16 Å². The fourth-order valence-corrected chi connectivity index (χ4v) is 3.64. The summed E-state index contributed by atoms with van der Waals surface area (Å²) in [5.41, 5.74) is 0.634. The third kappa shape index (κ3) is 3.59. The smallest absolute Gasteiger partial charge is 0.483 e. The van der Waals surface area contributed by atoms with E-state index in [0.717, 1.165) is 25.1 Å². The van der Waals surface area contributed by atoms with Crippen molar-refractivity contribution in [2.24, 2.45) is 5.92 Å². The summed E-state index contributed by atoms with van der Waals surface area (Å²) in [5, 5.41) is 11.1. The fourth-order valence-electron chi connectivity index (χ4n) is 3.64. The minimum absolute atomic E-state index is 0.0422. The molecule has 1 aromatic rings. The minimum Gasteiger partial charge on any atom is -0.483 e. The Morgan fingerprint density at radius 2 is 2.08 bits per heavy atom. The zero-order valence-electron chi connectivity index (χ0n) is 13.8. The van der Waals surface area contributed by atoms with E-state index in [4.69, 9.17) is 19.4 Å². The zero-order chi connectivity index (χ0) is 17.9. The third-order valence-corrected chi connectivity index (χ3v) is 5.04. The molecule has 9 nitrogen and oxygen atoms in total. The SMILES string of the molecule is O=C1OCC2(CCN(C(=O)C3CCn4nccc4C3)CC2)O1.O=CO. The highest BCUT2D eigenvalue weighted by atomic mass is 16.8. The lowest BCUT2D eigenvalue weighted by Crippen LogP contribution is -2.50. The first-order valence-electron chi connectivity index (χ1n) is 8.30. The summed E-state index contributed by atoms with van der Waals surface area (Å²) in [5.74, 6) is 0.258. The largest absolute Gasteiger partial charge is 0.509 e. The molecule has 1 amide bonds. The molecule has 2 fully saturated rings. The van der Waals surface area contributed by atoms with Crippen LogP contribution in [-0.2, 0) is 32.0 Å². The number of carbonyl (C=O) groups excluding carboxylic acids is 2. The normalized spacial score (nSPS) is 23.8. The van der Waals surface area contributed by atoms with Crippen LogP contribution in [0.3, 0.4) is 0 Å². The molecule has 4 heterocycles. The van der Waals surface area contributed by atoms with Gasteiger partial charge in [0.25, 0.3) is 6.47 Å². The molecule has 9 heteroatoms. The molecule has 1 spiro atoms. The van der Waals surface area contributed by atoms with E-state index < -0.39 is 11.8 Å². The molecule has 1 aromatic heterocycles. The second kappa shape index (κ2) is 7.12. The van der Waals surface area contributed by atoms with Gasteiger partial charge in [-0.05, 0) is 12.5 Å². The molecule has 1 unspecified atom stereocenters. The predicted octanol–water partition coefficient (Wildman–Crippen LogP) is 0.674. The Hall–Kier alpha value is -2.58. The van der Waals surface area contributed by atoms with E-state index in [0.29, 0.717) is 32.5 Å². The molecule has 3 aliphatic heterocycles. The van der Waals surface area contributed by atoms with Gasteiger partial charge in [-0.15, -0.1) is 0 Å². The van der Waals surface area contributed by atoms with Crippen LogP contribution in [0.1, 0.15) is 25.0 Å². The van der Waals surface area contributed by atoms with Crippen molar-refractivity contribution in [2.45, 2.75) is 37.8 Å². The second-order valence-electron chi connectivity index (χ2n) is 6.49. The van der Waals surface area contributed by atoms with E-state index in [1.807, 2.05) is 15.6 Å². The summed E-state index contributed by atoms with van der Waals surface area (Å²) in [6.07, 6.45) is 4.14. The number of likely N-dealkylation sites (tertiary alicyclic amines) is 1. The molecule has 3 aliphatic rings. The molecule has 0 radical (unpaired) electrons. The molecule has 25 heavy (non-hydrogen) atoms. The van der Waals surface area contributed by atoms with Gasteiger partial charge in [-0.3, -0.25) is 14.3 Å². The first-order valence-corrected chi connectivity index (χ1v) is 8.30. The van der Waals surface area contributed by atoms with Gasteiger partial charge in [-0.2, -0.15) is 5.10 Å². The Bertz CT molecular complexity index is 650. The molecule has 136 valence electrons. The number of aryl methyl sites for hydroxylation is 1. The number of hydrogen-bond acceptors (Lipinski definition) is 6. The summed E-state index contributed by atoms with van der Waals surface area (Å²) in [6.45, 7) is 2.13. The number of amides is 1. The first-order chi connectivity index (χ1) is 12.1. The zero-order valence-corrected chi connectivity index (χ0v) is 13.8. The predicted molar refractivity (Wildman–Crippen MR) is 83.7 cm³/mol. The van der Waals surface area contributed by atoms with Crippen LogP contribution in [0.4, 0.5) is 4.79 Å². The molecule has 2 saturated heterocycles. The van der Waals surface area contributed by atoms with Crippen molar-refractivity contribution < 1.29 is 29.0 Å². The van der Waals surface area contributed by atoms with Gasteiger partial charge < -0.3 is 19.5 Å². The fraction of sp³-hybridized carbons (Fsp3) is 0.625.